The maximum absolute atomic E-state index is 6.11. The molecule has 0 radical (unpaired) electrons. The summed E-state index contributed by atoms with van der Waals surface area (Å²) < 4.78 is 12.2. The van der Waals surface area contributed by atoms with Crippen molar-refractivity contribution in [1.82, 2.24) is 0 Å². The van der Waals surface area contributed by atoms with Crippen molar-refractivity contribution in [2.45, 2.75) is 0 Å². The number of para-hydroxylation sites is 2. The fourth-order valence-electron chi connectivity index (χ4n) is 4.88. The highest BCUT2D eigenvalue weighted by atomic mass is 16.3. The number of furan rings is 2. The summed E-state index contributed by atoms with van der Waals surface area (Å²) in [6.45, 7) is 0. The first-order chi connectivity index (χ1) is 15.9. The zero-order valence-corrected chi connectivity index (χ0v) is 17.2. The van der Waals surface area contributed by atoms with E-state index in [1.165, 1.54) is 22.3 Å². The topological polar surface area (TPSA) is 26.3 Å². The Morgan fingerprint density at radius 2 is 0.812 bits per heavy atom. The van der Waals surface area contributed by atoms with E-state index in [2.05, 4.69) is 72.8 Å². The summed E-state index contributed by atoms with van der Waals surface area (Å²) >= 11 is 0. The molecule has 0 saturated carbocycles. The second kappa shape index (κ2) is 6.60. The molecule has 0 aliphatic carbocycles. The third-order valence-corrected chi connectivity index (χ3v) is 6.29. The largest absolute Gasteiger partial charge is 0.456 e. The molecule has 0 unspecified atom stereocenters. The molecule has 150 valence electrons. The Morgan fingerprint density at radius 3 is 1.34 bits per heavy atom. The van der Waals surface area contributed by atoms with E-state index in [-0.39, 0.29) is 0 Å². The summed E-state index contributed by atoms with van der Waals surface area (Å²) in [5.74, 6) is 0. The van der Waals surface area contributed by atoms with Gasteiger partial charge in [0.2, 0.25) is 0 Å². The molecule has 0 saturated heterocycles. The number of hydrogen-bond acceptors (Lipinski definition) is 2. The number of fused-ring (bicyclic) bond motifs is 6. The average Bonchev–Trinajstić information content (AvgIpc) is 3.42. The van der Waals surface area contributed by atoms with Gasteiger partial charge in [-0.25, -0.2) is 0 Å². The van der Waals surface area contributed by atoms with Crippen LogP contribution in [0.3, 0.4) is 0 Å². The van der Waals surface area contributed by atoms with Gasteiger partial charge in [0.25, 0.3) is 0 Å². The van der Waals surface area contributed by atoms with E-state index in [0.29, 0.717) is 0 Å². The van der Waals surface area contributed by atoms with Crippen LogP contribution in [0.15, 0.2) is 118 Å². The maximum atomic E-state index is 6.11. The monoisotopic (exact) mass is 410 g/mol. The zero-order chi connectivity index (χ0) is 21.1. The van der Waals surface area contributed by atoms with Crippen LogP contribution in [-0.4, -0.2) is 0 Å². The third kappa shape index (κ3) is 2.47. The van der Waals surface area contributed by atoms with E-state index in [1.54, 1.807) is 0 Å². The molecule has 32 heavy (non-hydrogen) atoms. The Balaban J connectivity index is 1.49. The van der Waals surface area contributed by atoms with Crippen LogP contribution >= 0.6 is 0 Å². The van der Waals surface area contributed by atoms with Crippen molar-refractivity contribution in [2.75, 3.05) is 0 Å². The highest BCUT2D eigenvalue weighted by molar-refractivity contribution is 6.14. The minimum absolute atomic E-state index is 0.914. The van der Waals surface area contributed by atoms with Crippen molar-refractivity contribution >= 4 is 43.9 Å². The van der Waals surface area contributed by atoms with Crippen LogP contribution in [0.2, 0.25) is 0 Å². The van der Waals surface area contributed by atoms with Gasteiger partial charge in [-0.3, -0.25) is 0 Å². The van der Waals surface area contributed by atoms with Crippen LogP contribution in [0.1, 0.15) is 0 Å². The number of benzene rings is 5. The number of hydrogen-bond donors (Lipinski definition) is 0. The molecule has 0 fully saturated rings. The lowest BCUT2D eigenvalue weighted by Crippen LogP contribution is -1.83. The summed E-state index contributed by atoms with van der Waals surface area (Å²) in [4.78, 5) is 0. The summed E-state index contributed by atoms with van der Waals surface area (Å²) in [7, 11) is 0. The predicted molar refractivity (Wildman–Crippen MR) is 132 cm³/mol. The summed E-state index contributed by atoms with van der Waals surface area (Å²) in [6, 6.07) is 37.8. The van der Waals surface area contributed by atoms with E-state index in [9.17, 15) is 0 Å². The SMILES string of the molecule is c1cc(-c2cccc3oc4ccccc4c23)cc(-c2cccc3oc4ccccc4c23)c1. The smallest absolute Gasteiger partial charge is 0.136 e. The van der Waals surface area contributed by atoms with Crippen molar-refractivity contribution in [1.29, 1.82) is 0 Å². The molecule has 0 aliphatic heterocycles. The molecule has 0 amide bonds. The Bertz CT molecular complexity index is 1650. The Morgan fingerprint density at radius 1 is 0.375 bits per heavy atom. The fourth-order valence-corrected chi connectivity index (χ4v) is 4.88. The van der Waals surface area contributed by atoms with Crippen LogP contribution in [0, 0.1) is 0 Å². The van der Waals surface area contributed by atoms with Gasteiger partial charge in [0.15, 0.2) is 0 Å². The van der Waals surface area contributed by atoms with Crippen molar-refractivity contribution in [3.8, 4) is 22.3 Å². The maximum Gasteiger partial charge on any atom is 0.136 e. The molecule has 0 bridgehead atoms. The molecule has 0 spiro atoms. The van der Waals surface area contributed by atoms with E-state index >= 15 is 0 Å². The fraction of sp³-hybridized carbons (Fsp3) is 0. The van der Waals surface area contributed by atoms with E-state index < -0.39 is 0 Å². The normalized spacial score (nSPS) is 11.8. The molecule has 0 atom stereocenters. The molecule has 2 nitrogen and oxygen atoms in total. The Labute approximate surface area is 184 Å². The van der Waals surface area contributed by atoms with Gasteiger partial charge < -0.3 is 8.83 Å². The van der Waals surface area contributed by atoms with Gasteiger partial charge in [0.05, 0.1) is 0 Å². The van der Waals surface area contributed by atoms with Crippen LogP contribution in [0.4, 0.5) is 0 Å². The molecule has 7 aromatic rings. The van der Waals surface area contributed by atoms with Gasteiger partial charge in [-0.1, -0.05) is 78.9 Å². The Hall–Kier alpha value is -4.30. The molecule has 2 heterocycles. The first-order valence-corrected chi connectivity index (χ1v) is 10.8. The average molecular weight is 410 g/mol. The van der Waals surface area contributed by atoms with Crippen molar-refractivity contribution in [3.05, 3.63) is 109 Å². The predicted octanol–water partition coefficient (Wildman–Crippen LogP) is 8.82. The minimum atomic E-state index is 0.914. The molecule has 0 N–H and O–H groups in total. The number of rotatable bonds is 2. The van der Waals surface area contributed by atoms with Gasteiger partial charge in [0.1, 0.15) is 22.3 Å². The molecule has 0 aliphatic rings. The van der Waals surface area contributed by atoms with Gasteiger partial charge in [-0.05, 0) is 52.6 Å². The second-order valence-electron chi connectivity index (χ2n) is 8.13. The van der Waals surface area contributed by atoms with Crippen molar-refractivity contribution < 1.29 is 8.83 Å². The minimum Gasteiger partial charge on any atom is -0.456 e. The van der Waals surface area contributed by atoms with E-state index in [4.69, 9.17) is 8.83 Å². The standard InChI is InChI=1S/C30H18O2/c1-3-14-25-23(10-1)29-21(12-6-16-27(29)31-25)19-8-5-9-20(18-19)22-13-7-17-28-30(22)24-11-2-4-15-26(24)32-28/h1-18H. The molecule has 2 aromatic heterocycles. The van der Waals surface area contributed by atoms with Crippen LogP contribution in [0.25, 0.3) is 66.1 Å². The summed E-state index contributed by atoms with van der Waals surface area (Å²) in [5, 5.41) is 4.61. The van der Waals surface area contributed by atoms with Crippen LogP contribution in [-0.2, 0) is 0 Å². The second-order valence-corrected chi connectivity index (χ2v) is 8.13. The molecule has 2 heteroatoms. The molecular weight excluding hydrogens is 392 g/mol. The third-order valence-electron chi connectivity index (χ3n) is 6.29. The molecular formula is C30H18O2. The van der Waals surface area contributed by atoms with Gasteiger partial charge in [-0.2, -0.15) is 0 Å². The quantitative estimate of drug-likeness (QED) is 0.284. The first kappa shape index (κ1) is 17.4. The Kier molecular flexibility index (Phi) is 3.58. The molecule has 7 rings (SSSR count). The van der Waals surface area contributed by atoms with Crippen molar-refractivity contribution in [3.63, 3.8) is 0 Å². The zero-order valence-electron chi connectivity index (χ0n) is 17.2. The lowest BCUT2D eigenvalue weighted by Gasteiger charge is -2.09. The van der Waals surface area contributed by atoms with E-state index in [1.807, 2.05) is 36.4 Å². The summed E-state index contributed by atoms with van der Waals surface area (Å²) in [6.07, 6.45) is 0. The molecule has 5 aromatic carbocycles. The van der Waals surface area contributed by atoms with Gasteiger partial charge >= 0.3 is 0 Å². The first-order valence-electron chi connectivity index (χ1n) is 10.8. The lowest BCUT2D eigenvalue weighted by atomic mass is 9.94. The summed E-state index contributed by atoms with van der Waals surface area (Å²) in [5.41, 5.74) is 8.36. The van der Waals surface area contributed by atoms with Gasteiger partial charge in [-0.15, -0.1) is 0 Å². The van der Waals surface area contributed by atoms with Crippen molar-refractivity contribution in [2.24, 2.45) is 0 Å². The van der Waals surface area contributed by atoms with Gasteiger partial charge in [0, 0.05) is 21.5 Å². The van der Waals surface area contributed by atoms with Crippen LogP contribution < -0.4 is 0 Å². The highest BCUT2D eigenvalue weighted by Crippen LogP contribution is 2.40. The van der Waals surface area contributed by atoms with E-state index in [0.717, 1.165) is 43.9 Å². The lowest BCUT2D eigenvalue weighted by molar-refractivity contribution is 0.668. The highest BCUT2D eigenvalue weighted by Gasteiger charge is 2.15. The van der Waals surface area contributed by atoms with Crippen LogP contribution in [0.5, 0.6) is 0 Å².